The van der Waals surface area contributed by atoms with E-state index in [0.29, 0.717) is 5.75 Å². The fourth-order valence-electron chi connectivity index (χ4n) is 3.80. The van der Waals surface area contributed by atoms with Crippen molar-refractivity contribution in [3.63, 3.8) is 0 Å². The number of phenols is 1. The molecule has 0 bridgehead atoms. The normalized spacial score (nSPS) is 17.8. The van der Waals surface area contributed by atoms with Crippen molar-refractivity contribution in [2.75, 3.05) is 0 Å². The highest BCUT2D eigenvalue weighted by Gasteiger charge is 2.22. The summed E-state index contributed by atoms with van der Waals surface area (Å²) >= 11 is 2.07. The van der Waals surface area contributed by atoms with Gasteiger partial charge in [0.05, 0.1) is 0 Å². The summed E-state index contributed by atoms with van der Waals surface area (Å²) in [4.78, 5) is 0. The lowest BCUT2D eigenvalue weighted by molar-refractivity contribution is 0.392. The maximum atomic E-state index is 11.0. The van der Waals surface area contributed by atoms with Gasteiger partial charge in [-0.3, -0.25) is 0 Å². The van der Waals surface area contributed by atoms with Crippen LogP contribution >= 0.6 is 11.8 Å². The van der Waals surface area contributed by atoms with Crippen LogP contribution in [0.15, 0.2) is 12.1 Å². The van der Waals surface area contributed by atoms with E-state index >= 15 is 0 Å². The third-order valence-electron chi connectivity index (χ3n) is 5.38. The van der Waals surface area contributed by atoms with Crippen LogP contribution in [0.4, 0.5) is 0 Å². The van der Waals surface area contributed by atoms with Crippen molar-refractivity contribution >= 4 is 11.8 Å². The second-order valence-corrected chi connectivity index (χ2v) is 11.7. The molecular formula is C24H40OS. The molecule has 0 heterocycles. The molecule has 1 aromatic rings. The van der Waals surface area contributed by atoms with Gasteiger partial charge < -0.3 is 5.11 Å². The van der Waals surface area contributed by atoms with Crippen molar-refractivity contribution in [3.05, 3.63) is 28.8 Å². The SMILES string of the molecule is CC(C)(C)Cc1cc(C(C)(C)C)cc(CSC2CCCCCCC2)c1O. The monoisotopic (exact) mass is 376 g/mol. The lowest BCUT2D eigenvalue weighted by Gasteiger charge is -2.26. The number of hydrogen-bond acceptors (Lipinski definition) is 2. The highest BCUT2D eigenvalue weighted by molar-refractivity contribution is 7.99. The predicted octanol–water partition coefficient (Wildman–Crippen LogP) is 7.62. The van der Waals surface area contributed by atoms with Gasteiger partial charge in [-0.15, -0.1) is 0 Å². The summed E-state index contributed by atoms with van der Waals surface area (Å²) in [7, 11) is 0. The zero-order valence-corrected chi connectivity index (χ0v) is 18.8. The minimum absolute atomic E-state index is 0.111. The summed E-state index contributed by atoms with van der Waals surface area (Å²) in [6, 6.07) is 4.50. The first-order valence-electron chi connectivity index (χ1n) is 10.5. The van der Waals surface area contributed by atoms with Crippen LogP contribution < -0.4 is 0 Å². The van der Waals surface area contributed by atoms with Crippen LogP contribution in [-0.2, 0) is 17.6 Å². The summed E-state index contributed by atoms with van der Waals surface area (Å²) in [6.45, 7) is 13.6. The number of aromatic hydroxyl groups is 1. The molecule has 0 aliphatic heterocycles. The topological polar surface area (TPSA) is 20.2 Å². The second kappa shape index (κ2) is 9.04. The maximum Gasteiger partial charge on any atom is 0.122 e. The van der Waals surface area contributed by atoms with Crippen LogP contribution in [0, 0.1) is 5.41 Å². The molecule has 0 aromatic heterocycles. The van der Waals surface area contributed by atoms with Gasteiger partial charge >= 0.3 is 0 Å². The van der Waals surface area contributed by atoms with Gasteiger partial charge in [0, 0.05) is 16.6 Å². The van der Waals surface area contributed by atoms with E-state index in [-0.39, 0.29) is 10.8 Å². The van der Waals surface area contributed by atoms with Gasteiger partial charge in [0.2, 0.25) is 0 Å². The van der Waals surface area contributed by atoms with E-state index in [2.05, 4.69) is 65.4 Å². The van der Waals surface area contributed by atoms with Gasteiger partial charge in [-0.1, -0.05) is 85.8 Å². The Balaban J connectivity index is 2.20. The average Bonchev–Trinajstić information content (AvgIpc) is 2.46. The van der Waals surface area contributed by atoms with Crippen LogP contribution in [0.5, 0.6) is 5.75 Å². The molecule has 0 spiro atoms. The van der Waals surface area contributed by atoms with Crippen molar-refractivity contribution in [1.29, 1.82) is 0 Å². The third kappa shape index (κ3) is 6.83. The fraction of sp³-hybridized carbons (Fsp3) is 0.750. The number of thioether (sulfide) groups is 1. The molecule has 0 radical (unpaired) electrons. The molecule has 1 fully saturated rings. The first-order chi connectivity index (χ1) is 12.1. The summed E-state index contributed by atoms with van der Waals surface area (Å²) < 4.78 is 0. The molecule has 0 unspecified atom stereocenters. The highest BCUT2D eigenvalue weighted by Crippen LogP contribution is 2.38. The Labute approximate surface area is 166 Å². The number of rotatable bonds is 4. The molecule has 0 atom stereocenters. The van der Waals surface area contributed by atoms with E-state index in [0.717, 1.165) is 28.6 Å². The summed E-state index contributed by atoms with van der Waals surface area (Å²) in [5, 5.41) is 11.7. The van der Waals surface area contributed by atoms with Crippen molar-refractivity contribution in [3.8, 4) is 5.75 Å². The lowest BCUT2D eigenvalue weighted by atomic mass is 9.81. The Hall–Kier alpha value is -0.630. The minimum Gasteiger partial charge on any atom is -0.507 e. The molecule has 1 nitrogen and oxygen atoms in total. The molecule has 1 aliphatic carbocycles. The fourth-order valence-corrected chi connectivity index (χ4v) is 5.10. The van der Waals surface area contributed by atoms with Gasteiger partial charge in [-0.2, -0.15) is 11.8 Å². The zero-order valence-electron chi connectivity index (χ0n) is 18.0. The molecule has 148 valence electrons. The molecular weight excluding hydrogens is 336 g/mol. The second-order valence-electron chi connectivity index (χ2n) is 10.4. The van der Waals surface area contributed by atoms with Gasteiger partial charge in [0.1, 0.15) is 5.75 Å². The molecule has 2 rings (SSSR count). The number of hydrogen-bond donors (Lipinski definition) is 1. The predicted molar refractivity (Wildman–Crippen MR) is 117 cm³/mol. The molecule has 0 saturated heterocycles. The van der Waals surface area contributed by atoms with E-state index in [1.807, 2.05) is 0 Å². The van der Waals surface area contributed by atoms with Gasteiger partial charge in [0.25, 0.3) is 0 Å². The van der Waals surface area contributed by atoms with Crippen LogP contribution in [0.2, 0.25) is 0 Å². The van der Waals surface area contributed by atoms with Gasteiger partial charge in [0.15, 0.2) is 0 Å². The summed E-state index contributed by atoms with van der Waals surface area (Å²) in [5.74, 6) is 1.49. The molecule has 26 heavy (non-hydrogen) atoms. The summed E-state index contributed by atoms with van der Waals surface area (Å²) in [5.41, 5.74) is 3.91. The Kier molecular flexibility index (Phi) is 7.53. The lowest BCUT2D eigenvalue weighted by Crippen LogP contribution is -2.15. The van der Waals surface area contributed by atoms with E-state index in [1.165, 1.54) is 50.5 Å². The number of phenolic OH excluding ortho intramolecular Hbond substituents is 1. The van der Waals surface area contributed by atoms with Crippen molar-refractivity contribution < 1.29 is 5.11 Å². The summed E-state index contributed by atoms with van der Waals surface area (Å²) in [6.07, 6.45) is 10.6. The quantitative estimate of drug-likeness (QED) is 0.583. The molecule has 1 saturated carbocycles. The first kappa shape index (κ1) is 21.7. The first-order valence-corrected chi connectivity index (χ1v) is 11.6. The standard InChI is InChI=1S/C24H40OS/c1-23(2,3)16-18-14-20(24(4,5)6)15-19(22(18)25)17-26-21-12-10-8-7-9-11-13-21/h14-15,21,25H,7-13,16-17H2,1-6H3. The van der Waals surface area contributed by atoms with E-state index in [1.54, 1.807) is 0 Å². The van der Waals surface area contributed by atoms with E-state index < -0.39 is 0 Å². The molecule has 0 amide bonds. The Morgan fingerprint density at radius 1 is 0.885 bits per heavy atom. The maximum absolute atomic E-state index is 11.0. The zero-order chi connectivity index (χ0) is 19.4. The average molecular weight is 377 g/mol. The molecule has 1 aromatic carbocycles. The van der Waals surface area contributed by atoms with E-state index in [9.17, 15) is 5.11 Å². The van der Waals surface area contributed by atoms with Crippen LogP contribution in [0.3, 0.4) is 0 Å². The highest BCUT2D eigenvalue weighted by atomic mass is 32.2. The van der Waals surface area contributed by atoms with E-state index in [4.69, 9.17) is 0 Å². The van der Waals surface area contributed by atoms with Gasteiger partial charge in [-0.05, 0) is 41.2 Å². The Morgan fingerprint density at radius 2 is 1.42 bits per heavy atom. The van der Waals surface area contributed by atoms with Crippen LogP contribution in [-0.4, -0.2) is 10.4 Å². The van der Waals surface area contributed by atoms with Crippen LogP contribution in [0.1, 0.15) is 103 Å². The van der Waals surface area contributed by atoms with Crippen molar-refractivity contribution in [2.45, 2.75) is 109 Å². The Bertz CT molecular complexity index is 569. The van der Waals surface area contributed by atoms with Crippen molar-refractivity contribution in [1.82, 2.24) is 0 Å². The third-order valence-corrected chi connectivity index (χ3v) is 6.80. The smallest absolute Gasteiger partial charge is 0.122 e. The minimum atomic E-state index is 0.111. The molecule has 2 heteroatoms. The molecule has 1 aliphatic rings. The largest absolute Gasteiger partial charge is 0.507 e. The number of benzene rings is 1. The van der Waals surface area contributed by atoms with Crippen molar-refractivity contribution in [2.24, 2.45) is 5.41 Å². The van der Waals surface area contributed by atoms with Crippen LogP contribution in [0.25, 0.3) is 0 Å². The molecule has 1 N–H and O–H groups in total. The Morgan fingerprint density at radius 3 is 1.96 bits per heavy atom. The van der Waals surface area contributed by atoms with Gasteiger partial charge in [-0.25, -0.2) is 0 Å².